The third-order valence-electron chi connectivity index (χ3n) is 5.43. The molecule has 1 aromatic rings. The van der Waals surface area contributed by atoms with Gasteiger partial charge in [-0.1, -0.05) is 24.3 Å². The fraction of sp³-hybridized carbons (Fsp3) is 0.588. The second kappa shape index (κ2) is 5.62. The predicted octanol–water partition coefficient (Wildman–Crippen LogP) is 2.18. The van der Waals surface area contributed by atoms with E-state index in [4.69, 9.17) is 0 Å². The highest BCUT2D eigenvalue weighted by Crippen LogP contribution is 2.61. The Labute approximate surface area is 132 Å². The molecular formula is C17H23ClN2O. The van der Waals surface area contributed by atoms with Crippen molar-refractivity contribution in [3.63, 3.8) is 0 Å². The fourth-order valence-electron chi connectivity index (χ4n) is 4.22. The van der Waals surface area contributed by atoms with Crippen molar-refractivity contribution in [2.24, 2.45) is 5.92 Å². The zero-order chi connectivity index (χ0) is 13.6. The lowest BCUT2D eigenvalue weighted by Gasteiger charge is -2.24. The van der Waals surface area contributed by atoms with Crippen molar-refractivity contribution in [3.05, 3.63) is 35.4 Å². The van der Waals surface area contributed by atoms with E-state index in [0.717, 1.165) is 38.8 Å². The average molecular weight is 307 g/mol. The maximum Gasteiger partial charge on any atom is 0.224 e. The van der Waals surface area contributed by atoms with Gasteiger partial charge in [-0.25, -0.2) is 0 Å². The van der Waals surface area contributed by atoms with Gasteiger partial charge < -0.3 is 10.6 Å². The van der Waals surface area contributed by atoms with E-state index in [2.05, 4.69) is 34.9 Å². The molecule has 1 aromatic carbocycles. The summed E-state index contributed by atoms with van der Waals surface area (Å²) in [5, 5.41) is 6.62. The van der Waals surface area contributed by atoms with Crippen molar-refractivity contribution in [3.8, 4) is 0 Å². The van der Waals surface area contributed by atoms with Crippen molar-refractivity contribution < 1.29 is 4.79 Å². The number of benzene rings is 1. The molecule has 1 saturated heterocycles. The molecule has 1 spiro atoms. The monoisotopic (exact) mass is 306 g/mol. The van der Waals surface area contributed by atoms with E-state index in [1.54, 1.807) is 0 Å². The van der Waals surface area contributed by atoms with E-state index in [9.17, 15) is 4.79 Å². The third kappa shape index (κ3) is 2.47. The zero-order valence-corrected chi connectivity index (χ0v) is 13.0. The first kappa shape index (κ1) is 14.9. The third-order valence-corrected chi connectivity index (χ3v) is 5.43. The van der Waals surface area contributed by atoms with Gasteiger partial charge in [0.2, 0.25) is 5.91 Å². The number of piperidine rings is 1. The maximum atomic E-state index is 12.5. The Morgan fingerprint density at radius 3 is 3.00 bits per heavy atom. The highest BCUT2D eigenvalue weighted by Gasteiger charge is 2.61. The molecule has 1 heterocycles. The molecule has 114 valence electrons. The van der Waals surface area contributed by atoms with Gasteiger partial charge in [0.05, 0.1) is 0 Å². The van der Waals surface area contributed by atoms with Gasteiger partial charge in [0.15, 0.2) is 0 Å². The lowest BCUT2D eigenvalue weighted by Crippen LogP contribution is -2.46. The quantitative estimate of drug-likeness (QED) is 0.879. The molecule has 2 fully saturated rings. The Balaban J connectivity index is 0.00000132. The number of hydrogen-bond acceptors (Lipinski definition) is 2. The summed E-state index contributed by atoms with van der Waals surface area (Å²) in [5.41, 5.74) is 3.09. The Kier molecular flexibility index (Phi) is 3.98. The van der Waals surface area contributed by atoms with Gasteiger partial charge >= 0.3 is 0 Å². The van der Waals surface area contributed by atoms with Gasteiger partial charge in [0.1, 0.15) is 0 Å². The van der Waals surface area contributed by atoms with E-state index < -0.39 is 0 Å². The highest BCUT2D eigenvalue weighted by molar-refractivity contribution is 5.85. The standard InChI is InChI=1S/C17H22N2O.ClH/c20-16(19-13-5-3-9-18-11-13)15-10-17(15)8-7-12-4-1-2-6-14(12)17;/h1-2,4,6,13,15,18H,3,5,7-11H2,(H,19,20);1H. The summed E-state index contributed by atoms with van der Waals surface area (Å²) in [6, 6.07) is 9.03. The summed E-state index contributed by atoms with van der Waals surface area (Å²) in [7, 11) is 0. The molecule has 4 rings (SSSR count). The number of amides is 1. The van der Waals surface area contributed by atoms with Crippen LogP contribution in [0.25, 0.3) is 0 Å². The predicted molar refractivity (Wildman–Crippen MR) is 85.8 cm³/mol. The van der Waals surface area contributed by atoms with E-state index in [0.29, 0.717) is 6.04 Å². The number of halogens is 1. The second-order valence-corrected chi connectivity index (χ2v) is 6.62. The SMILES string of the molecule is Cl.O=C(NC1CCCNC1)C1CC12CCc1ccccc12. The Bertz CT molecular complexity index is 541. The Hall–Kier alpha value is -1.06. The zero-order valence-electron chi connectivity index (χ0n) is 12.2. The second-order valence-electron chi connectivity index (χ2n) is 6.62. The van der Waals surface area contributed by atoms with Crippen LogP contribution in [0.1, 0.15) is 36.8 Å². The minimum Gasteiger partial charge on any atom is -0.352 e. The van der Waals surface area contributed by atoms with E-state index in [1.165, 1.54) is 17.5 Å². The van der Waals surface area contributed by atoms with Crippen LogP contribution in [0.5, 0.6) is 0 Å². The fourth-order valence-corrected chi connectivity index (χ4v) is 4.22. The highest BCUT2D eigenvalue weighted by atomic mass is 35.5. The van der Waals surface area contributed by atoms with Crippen molar-refractivity contribution in [1.29, 1.82) is 0 Å². The normalized spacial score (nSPS) is 33.1. The number of rotatable bonds is 2. The summed E-state index contributed by atoms with van der Waals surface area (Å²) < 4.78 is 0. The van der Waals surface area contributed by atoms with E-state index >= 15 is 0 Å². The molecule has 3 aliphatic rings. The van der Waals surface area contributed by atoms with Crippen molar-refractivity contribution >= 4 is 18.3 Å². The summed E-state index contributed by atoms with van der Waals surface area (Å²) in [5.74, 6) is 0.503. The Morgan fingerprint density at radius 2 is 2.19 bits per heavy atom. The smallest absolute Gasteiger partial charge is 0.224 e. The number of nitrogens with one attached hydrogen (secondary N) is 2. The molecule has 0 radical (unpaired) electrons. The molecule has 1 aliphatic heterocycles. The lowest BCUT2D eigenvalue weighted by atomic mass is 9.95. The van der Waals surface area contributed by atoms with Crippen LogP contribution in [-0.2, 0) is 16.6 Å². The number of hydrogen-bond donors (Lipinski definition) is 2. The first-order chi connectivity index (χ1) is 9.79. The van der Waals surface area contributed by atoms with Crippen molar-refractivity contribution in [1.82, 2.24) is 10.6 Å². The van der Waals surface area contributed by atoms with Gasteiger partial charge in [0, 0.05) is 23.9 Å². The summed E-state index contributed by atoms with van der Waals surface area (Å²) >= 11 is 0. The lowest BCUT2D eigenvalue weighted by molar-refractivity contribution is -0.123. The molecule has 1 amide bonds. The van der Waals surface area contributed by atoms with E-state index in [1.807, 2.05) is 0 Å². The number of carbonyl (C=O) groups excluding carboxylic acids is 1. The molecule has 0 aromatic heterocycles. The van der Waals surface area contributed by atoms with Crippen LogP contribution in [0.15, 0.2) is 24.3 Å². The van der Waals surface area contributed by atoms with Crippen LogP contribution in [0, 0.1) is 5.92 Å². The maximum absolute atomic E-state index is 12.5. The minimum absolute atomic E-state index is 0. The first-order valence-electron chi connectivity index (χ1n) is 7.89. The molecule has 2 N–H and O–H groups in total. The average Bonchev–Trinajstić information content (AvgIpc) is 3.11. The van der Waals surface area contributed by atoms with Crippen LogP contribution in [-0.4, -0.2) is 25.0 Å². The number of carbonyl (C=O) groups is 1. The van der Waals surface area contributed by atoms with Crippen LogP contribution in [0.2, 0.25) is 0 Å². The largest absolute Gasteiger partial charge is 0.352 e. The molecule has 2 aliphatic carbocycles. The Morgan fingerprint density at radius 1 is 1.33 bits per heavy atom. The van der Waals surface area contributed by atoms with Gasteiger partial charge in [-0.15, -0.1) is 12.4 Å². The van der Waals surface area contributed by atoms with Crippen LogP contribution < -0.4 is 10.6 Å². The van der Waals surface area contributed by atoms with E-state index in [-0.39, 0.29) is 29.6 Å². The van der Waals surface area contributed by atoms with Crippen LogP contribution in [0.3, 0.4) is 0 Å². The molecule has 3 unspecified atom stereocenters. The van der Waals surface area contributed by atoms with Crippen LogP contribution >= 0.6 is 12.4 Å². The van der Waals surface area contributed by atoms with Gasteiger partial charge in [-0.05, 0) is 49.8 Å². The van der Waals surface area contributed by atoms with Crippen molar-refractivity contribution in [2.75, 3.05) is 13.1 Å². The van der Waals surface area contributed by atoms with Crippen molar-refractivity contribution in [2.45, 2.75) is 43.6 Å². The summed E-state index contributed by atoms with van der Waals surface area (Å²) in [6.45, 7) is 2.02. The molecule has 1 saturated carbocycles. The topological polar surface area (TPSA) is 41.1 Å². The minimum atomic E-state index is 0. The summed E-state index contributed by atoms with van der Waals surface area (Å²) in [4.78, 5) is 12.5. The van der Waals surface area contributed by atoms with Crippen LogP contribution in [0.4, 0.5) is 0 Å². The molecule has 3 nitrogen and oxygen atoms in total. The molecule has 0 bridgehead atoms. The van der Waals surface area contributed by atoms with Gasteiger partial charge in [-0.3, -0.25) is 4.79 Å². The van der Waals surface area contributed by atoms with Gasteiger partial charge in [-0.2, -0.15) is 0 Å². The number of aryl methyl sites for hydroxylation is 1. The molecular weight excluding hydrogens is 284 g/mol. The molecule has 21 heavy (non-hydrogen) atoms. The molecule has 3 atom stereocenters. The molecule has 4 heteroatoms. The first-order valence-corrected chi connectivity index (χ1v) is 7.89. The summed E-state index contributed by atoms with van der Waals surface area (Å²) in [6.07, 6.45) is 5.65. The number of fused-ring (bicyclic) bond motifs is 2. The van der Waals surface area contributed by atoms with Gasteiger partial charge in [0.25, 0.3) is 0 Å².